The van der Waals surface area contributed by atoms with Crippen LogP contribution >= 0.6 is 0 Å². The van der Waals surface area contributed by atoms with E-state index >= 15 is 0 Å². The van der Waals surface area contributed by atoms with Crippen molar-refractivity contribution in [2.24, 2.45) is 0 Å². The zero-order valence-electron chi connectivity index (χ0n) is 7.21. The van der Waals surface area contributed by atoms with Crippen molar-refractivity contribution in [3.05, 3.63) is 11.8 Å². The van der Waals surface area contributed by atoms with Crippen LogP contribution in [-0.4, -0.2) is 17.3 Å². The second-order valence-electron chi connectivity index (χ2n) is 3.02. The number of allylic oxidation sites excluding steroid dienone is 2. The van der Waals surface area contributed by atoms with Crippen molar-refractivity contribution in [2.75, 3.05) is 0 Å². The fourth-order valence-corrected chi connectivity index (χ4v) is 1.33. The first-order chi connectivity index (χ1) is 5.24. The quantitative estimate of drug-likeness (QED) is 0.661. The highest BCUT2D eigenvalue weighted by atomic mass is 16.5. The van der Waals surface area contributed by atoms with Crippen molar-refractivity contribution in [1.82, 2.24) is 0 Å². The van der Waals surface area contributed by atoms with Crippen molar-refractivity contribution in [3.8, 4) is 0 Å². The summed E-state index contributed by atoms with van der Waals surface area (Å²) in [6.45, 7) is 3.91. The van der Waals surface area contributed by atoms with Gasteiger partial charge in [0.25, 0.3) is 0 Å². The first-order valence-corrected chi connectivity index (χ1v) is 4.25. The van der Waals surface area contributed by atoms with Gasteiger partial charge in [-0.3, -0.25) is 0 Å². The van der Waals surface area contributed by atoms with Crippen LogP contribution in [0.25, 0.3) is 0 Å². The molecule has 2 atom stereocenters. The van der Waals surface area contributed by atoms with E-state index in [9.17, 15) is 5.11 Å². The Morgan fingerprint density at radius 3 is 3.09 bits per heavy atom. The highest BCUT2D eigenvalue weighted by molar-refractivity contribution is 4.95. The van der Waals surface area contributed by atoms with Crippen LogP contribution < -0.4 is 0 Å². The van der Waals surface area contributed by atoms with Gasteiger partial charge < -0.3 is 9.84 Å². The molecule has 0 unspecified atom stereocenters. The minimum absolute atomic E-state index is 0.0324. The summed E-state index contributed by atoms with van der Waals surface area (Å²) in [7, 11) is 0. The van der Waals surface area contributed by atoms with Crippen LogP contribution in [0.4, 0.5) is 0 Å². The van der Waals surface area contributed by atoms with Crippen molar-refractivity contribution in [2.45, 2.75) is 45.3 Å². The minimum atomic E-state index is -0.293. The van der Waals surface area contributed by atoms with Crippen LogP contribution in [0.3, 0.4) is 0 Å². The lowest BCUT2D eigenvalue weighted by molar-refractivity contribution is -0.0161. The molecule has 0 aromatic rings. The van der Waals surface area contributed by atoms with Gasteiger partial charge in [0.2, 0.25) is 0 Å². The molecule has 0 spiro atoms. The molecule has 0 radical (unpaired) electrons. The zero-order valence-corrected chi connectivity index (χ0v) is 7.21. The molecule has 0 aromatic heterocycles. The Bertz CT molecular complexity index is 152. The van der Waals surface area contributed by atoms with Gasteiger partial charge in [-0.25, -0.2) is 0 Å². The molecule has 0 aromatic carbocycles. The number of hydrogen-bond acceptors (Lipinski definition) is 2. The summed E-state index contributed by atoms with van der Waals surface area (Å²) in [5.74, 6) is 0.953. The maximum atomic E-state index is 9.45. The van der Waals surface area contributed by atoms with E-state index in [4.69, 9.17) is 4.74 Å². The van der Waals surface area contributed by atoms with Gasteiger partial charge in [-0.1, -0.05) is 6.92 Å². The average molecular weight is 156 g/mol. The van der Waals surface area contributed by atoms with Gasteiger partial charge in [-0.05, 0) is 32.3 Å². The molecule has 0 aliphatic carbocycles. The maximum absolute atomic E-state index is 9.45. The summed E-state index contributed by atoms with van der Waals surface area (Å²) >= 11 is 0. The Labute approximate surface area is 67.9 Å². The first kappa shape index (κ1) is 8.60. The van der Waals surface area contributed by atoms with Crippen LogP contribution in [0.2, 0.25) is 0 Å². The molecule has 1 aliphatic rings. The first-order valence-electron chi connectivity index (χ1n) is 4.25. The summed E-state index contributed by atoms with van der Waals surface area (Å²) in [6.07, 6.45) is 4.57. The molecule has 0 bridgehead atoms. The molecular weight excluding hydrogens is 140 g/mol. The van der Waals surface area contributed by atoms with E-state index < -0.39 is 0 Å². The van der Waals surface area contributed by atoms with Gasteiger partial charge in [-0.15, -0.1) is 0 Å². The van der Waals surface area contributed by atoms with E-state index in [1.165, 1.54) is 0 Å². The summed E-state index contributed by atoms with van der Waals surface area (Å²) < 4.78 is 5.45. The Morgan fingerprint density at radius 1 is 1.82 bits per heavy atom. The summed E-state index contributed by atoms with van der Waals surface area (Å²) in [4.78, 5) is 0. The fourth-order valence-electron chi connectivity index (χ4n) is 1.33. The Hall–Kier alpha value is -0.500. The molecule has 1 heterocycles. The second-order valence-corrected chi connectivity index (χ2v) is 3.02. The molecule has 1 N–H and O–H groups in total. The Kier molecular flexibility index (Phi) is 2.94. The molecule has 1 aliphatic heterocycles. The number of rotatable bonds is 2. The summed E-state index contributed by atoms with van der Waals surface area (Å²) in [5.41, 5.74) is 0. The van der Waals surface area contributed by atoms with Crippen molar-refractivity contribution >= 4 is 0 Å². The standard InChI is InChI=1S/C9H16O2/c1-3-8(10)9-6-4-5-7(2)11-9/h5,8-10H,3-4,6H2,1-2H3/t8-,9-/m1/s1. The van der Waals surface area contributed by atoms with Crippen LogP contribution in [0.1, 0.15) is 33.1 Å². The number of aliphatic hydroxyl groups is 1. The molecule has 1 rings (SSSR count). The molecule has 0 saturated heterocycles. The highest BCUT2D eigenvalue weighted by Crippen LogP contribution is 2.19. The third-order valence-corrected chi connectivity index (χ3v) is 2.07. The van der Waals surface area contributed by atoms with E-state index in [0.29, 0.717) is 0 Å². The largest absolute Gasteiger partial charge is 0.493 e. The van der Waals surface area contributed by atoms with Gasteiger partial charge in [0.15, 0.2) is 0 Å². The van der Waals surface area contributed by atoms with Crippen LogP contribution in [-0.2, 0) is 4.74 Å². The molecule has 64 valence electrons. The highest BCUT2D eigenvalue weighted by Gasteiger charge is 2.20. The van der Waals surface area contributed by atoms with Gasteiger partial charge in [0.1, 0.15) is 6.10 Å². The number of aliphatic hydroxyl groups excluding tert-OH is 1. The molecular formula is C9H16O2. The molecule has 0 amide bonds. The molecule has 0 fully saturated rings. The van der Waals surface area contributed by atoms with Crippen LogP contribution in [0.5, 0.6) is 0 Å². The predicted molar refractivity (Wildman–Crippen MR) is 44.2 cm³/mol. The lowest BCUT2D eigenvalue weighted by atomic mass is 10.0. The molecule has 2 heteroatoms. The minimum Gasteiger partial charge on any atom is -0.493 e. The average Bonchev–Trinajstić information content (AvgIpc) is 2.03. The maximum Gasteiger partial charge on any atom is 0.124 e. The van der Waals surface area contributed by atoms with Crippen molar-refractivity contribution < 1.29 is 9.84 Å². The smallest absolute Gasteiger partial charge is 0.124 e. The SMILES string of the molecule is CC[C@@H](O)[C@H]1CCC=C(C)O1. The topological polar surface area (TPSA) is 29.5 Å². The van der Waals surface area contributed by atoms with Crippen LogP contribution in [0.15, 0.2) is 11.8 Å². The third-order valence-electron chi connectivity index (χ3n) is 2.07. The lowest BCUT2D eigenvalue weighted by Gasteiger charge is -2.26. The van der Waals surface area contributed by atoms with Gasteiger partial charge in [-0.2, -0.15) is 0 Å². The summed E-state index contributed by atoms with van der Waals surface area (Å²) in [5, 5.41) is 9.45. The van der Waals surface area contributed by atoms with Crippen molar-refractivity contribution in [1.29, 1.82) is 0 Å². The summed E-state index contributed by atoms with van der Waals surface area (Å²) in [6, 6.07) is 0. The number of ether oxygens (including phenoxy) is 1. The van der Waals surface area contributed by atoms with Gasteiger partial charge >= 0.3 is 0 Å². The molecule has 0 saturated carbocycles. The predicted octanol–water partition coefficient (Wildman–Crippen LogP) is 1.84. The molecule has 11 heavy (non-hydrogen) atoms. The zero-order chi connectivity index (χ0) is 8.27. The van der Waals surface area contributed by atoms with Gasteiger partial charge in [0, 0.05) is 0 Å². The Morgan fingerprint density at radius 2 is 2.55 bits per heavy atom. The monoisotopic (exact) mass is 156 g/mol. The number of hydrogen-bond donors (Lipinski definition) is 1. The van der Waals surface area contributed by atoms with Crippen molar-refractivity contribution in [3.63, 3.8) is 0 Å². The Balaban J connectivity index is 2.43. The lowest BCUT2D eigenvalue weighted by Crippen LogP contribution is -2.29. The third kappa shape index (κ3) is 2.22. The normalized spacial score (nSPS) is 27.2. The van der Waals surface area contributed by atoms with E-state index in [2.05, 4.69) is 6.08 Å². The molecule has 2 nitrogen and oxygen atoms in total. The van der Waals surface area contributed by atoms with Crippen LogP contribution in [0, 0.1) is 0 Å². The van der Waals surface area contributed by atoms with E-state index in [1.54, 1.807) is 0 Å². The van der Waals surface area contributed by atoms with Gasteiger partial charge in [0.05, 0.1) is 11.9 Å². The van der Waals surface area contributed by atoms with E-state index in [1.807, 2.05) is 13.8 Å². The van der Waals surface area contributed by atoms with E-state index in [-0.39, 0.29) is 12.2 Å². The second kappa shape index (κ2) is 3.77. The fraction of sp³-hybridized carbons (Fsp3) is 0.778. The van der Waals surface area contributed by atoms with E-state index in [0.717, 1.165) is 25.0 Å².